The molecule has 0 radical (unpaired) electrons. The van der Waals surface area contributed by atoms with Gasteiger partial charge in [-0.15, -0.1) is 0 Å². The van der Waals surface area contributed by atoms with Crippen LogP contribution in [0.5, 0.6) is 0 Å². The summed E-state index contributed by atoms with van der Waals surface area (Å²) in [6.45, 7) is 25.0. The van der Waals surface area contributed by atoms with Gasteiger partial charge in [0.1, 0.15) is 13.4 Å². The highest BCUT2D eigenvalue weighted by Crippen LogP contribution is 2.47. The minimum atomic E-state index is -2.35. The lowest BCUT2D eigenvalue weighted by atomic mass is 10.2. The van der Waals surface area contributed by atoms with E-state index in [1.807, 2.05) is 28.8 Å². The zero-order valence-electron chi connectivity index (χ0n) is 19.5. The van der Waals surface area contributed by atoms with Gasteiger partial charge < -0.3 is 9.13 Å². The van der Waals surface area contributed by atoms with Gasteiger partial charge in [0, 0.05) is 0 Å². The van der Waals surface area contributed by atoms with Crippen LogP contribution in [0.15, 0.2) is 4.99 Å². The fraction of sp³-hybridized carbons (Fsp3) is 0.765. The number of amides is 5. The lowest BCUT2D eigenvalue weighted by Gasteiger charge is -2.63. The van der Waals surface area contributed by atoms with Crippen LogP contribution >= 0.6 is 0 Å². The van der Waals surface area contributed by atoms with Crippen molar-refractivity contribution < 1.29 is 14.4 Å². The summed E-state index contributed by atoms with van der Waals surface area (Å²) in [5.41, 5.74) is 0.295. The van der Waals surface area contributed by atoms with Crippen molar-refractivity contribution in [3.8, 4) is 0 Å². The smallest absolute Gasteiger partial charge is 0.329 e. The lowest BCUT2D eigenvalue weighted by molar-refractivity contribution is -0.120. The normalized spacial score (nSPS) is 24.8. The maximum atomic E-state index is 13.9. The molecule has 2 aliphatic heterocycles. The molecule has 1 saturated heterocycles. The van der Waals surface area contributed by atoms with Crippen LogP contribution in [0.3, 0.4) is 0 Å². The molecule has 1 unspecified atom stereocenters. The van der Waals surface area contributed by atoms with Gasteiger partial charge in [-0.3, -0.25) is 9.36 Å². The van der Waals surface area contributed by atoms with Gasteiger partial charge in [-0.25, -0.2) is 9.59 Å². The molecule has 0 aromatic rings. The number of hydrogen-bond donors (Lipinski definition) is 0. The SMILES string of the molecule is C[Si](C)(C)N1C(=O)C2=NC(=O)N([Si](C)(C)C)C2([Si](C)(C)C)N([Si](C)(C)C)C1=O. The number of nitrogens with zero attached hydrogens (tertiary/aromatic N) is 4. The van der Waals surface area contributed by atoms with E-state index in [0.717, 1.165) is 0 Å². The third kappa shape index (κ3) is 3.10. The Kier molecular flexibility index (Phi) is 5.16. The molecule has 0 bridgehead atoms. The molecule has 0 saturated carbocycles. The summed E-state index contributed by atoms with van der Waals surface area (Å²) in [7, 11) is -9.21. The predicted molar refractivity (Wildman–Crippen MR) is 125 cm³/mol. The molecule has 11 heteroatoms. The molecule has 0 aromatic heterocycles. The lowest BCUT2D eigenvalue weighted by Crippen LogP contribution is -2.88. The number of fused-ring (bicyclic) bond motifs is 1. The van der Waals surface area contributed by atoms with E-state index in [-0.39, 0.29) is 18.0 Å². The molecule has 28 heavy (non-hydrogen) atoms. The highest BCUT2D eigenvalue weighted by Gasteiger charge is 2.71. The van der Waals surface area contributed by atoms with Crippen LogP contribution < -0.4 is 0 Å². The summed E-state index contributed by atoms with van der Waals surface area (Å²) in [6.07, 6.45) is 0. The monoisotopic (exact) mass is 456 g/mol. The van der Waals surface area contributed by atoms with E-state index in [0.29, 0.717) is 5.71 Å². The van der Waals surface area contributed by atoms with E-state index >= 15 is 0 Å². The number of urea groups is 2. The van der Waals surface area contributed by atoms with E-state index in [1.165, 1.54) is 4.57 Å². The molecular formula is C17H36N4O3Si4. The zero-order chi connectivity index (χ0) is 22.2. The van der Waals surface area contributed by atoms with Crippen molar-refractivity contribution in [3.63, 3.8) is 0 Å². The summed E-state index contributed by atoms with van der Waals surface area (Å²) in [6, 6.07) is -0.568. The first kappa shape index (κ1) is 23.2. The molecule has 0 spiro atoms. The third-order valence-electron chi connectivity index (χ3n) is 5.22. The van der Waals surface area contributed by atoms with E-state index in [4.69, 9.17) is 0 Å². The first-order valence-electron chi connectivity index (χ1n) is 9.82. The fourth-order valence-electron chi connectivity index (χ4n) is 4.46. The number of hydrogen-bond acceptors (Lipinski definition) is 3. The molecule has 0 N–H and O–H groups in total. The van der Waals surface area contributed by atoms with Crippen molar-refractivity contribution in [2.24, 2.45) is 4.99 Å². The molecule has 2 rings (SSSR count). The van der Waals surface area contributed by atoms with E-state index in [1.54, 1.807) is 0 Å². The number of rotatable bonds is 4. The van der Waals surface area contributed by atoms with Crippen LogP contribution in [0, 0.1) is 0 Å². The topological polar surface area (TPSA) is 73.3 Å². The van der Waals surface area contributed by atoms with Crippen molar-refractivity contribution in [3.05, 3.63) is 0 Å². The summed E-state index contributed by atoms with van der Waals surface area (Å²) < 4.78 is 5.29. The third-order valence-corrected chi connectivity index (χ3v) is 13.9. The van der Waals surface area contributed by atoms with E-state index in [9.17, 15) is 14.4 Å². The molecule has 1 atom stereocenters. The molecule has 1 fully saturated rings. The summed E-state index contributed by atoms with van der Waals surface area (Å²) >= 11 is 0. The van der Waals surface area contributed by atoms with Crippen molar-refractivity contribution >= 4 is 56.5 Å². The Morgan fingerprint density at radius 3 is 1.43 bits per heavy atom. The van der Waals surface area contributed by atoms with E-state index < -0.39 is 38.1 Å². The Hall–Kier alpha value is -1.05. The second kappa shape index (κ2) is 6.22. The van der Waals surface area contributed by atoms with Crippen molar-refractivity contribution in [1.29, 1.82) is 0 Å². The fourth-order valence-corrected chi connectivity index (χ4v) is 16.1. The largest absolute Gasteiger partial charge is 0.337 e. The molecule has 2 heterocycles. The Morgan fingerprint density at radius 2 is 1.11 bits per heavy atom. The van der Waals surface area contributed by atoms with Crippen molar-refractivity contribution in [2.75, 3.05) is 0 Å². The Bertz CT molecular complexity index is 771. The molecule has 2 aliphatic rings. The Morgan fingerprint density at radius 1 is 0.679 bits per heavy atom. The summed E-state index contributed by atoms with van der Waals surface area (Å²) in [5, 5.41) is -0.997. The molecule has 7 nitrogen and oxygen atoms in total. The van der Waals surface area contributed by atoms with Crippen molar-refractivity contribution in [1.82, 2.24) is 13.7 Å². The number of imide groups is 1. The molecular weight excluding hydrogens is 421 g/mol. The second-order valence-corrected chi connectivity index (χ2v) is 31.3. The van der Waals surface area contributed by atoms with Crippen LogP contribution in [-0.2, 0) is 4.79 Å². The maximum Gasteiger partial charge on any atom is 0.337 e. The average Bonchev–Trinajstić information content (AvgIpc) is 2.68. The number of aliphatic imine (C=N–C) groups is 1. The van der Waals surface area contributed by atoms with Crippen LogP contribution in [0.1, 0.15) is 0 Å². The zero-order valence-corrected chi connectivity index (χ0v) is 23.5. The van der Waals surface area contributed by atoms with Crippen LogP contribution in [0.25, 0.3) is 0 Å². The number of carbonyl (C=O) groups excluding carboxylic acids is 3. The Labute approximate surface area is 173 Å². The second-order valence-electron chi connectivity index (χ2n) is 11.8. The van der Waals surface area contributed by atoms with Gasteiger partial charge in [-0.2, -0.15) is 4.99 Å². The molecule has 158 valence electrons. The van der Waals surface area contributed by atoms with Crippen LogP contribution in [0.4, 0.5) is 9.59 Å². The van der Waals surface area contributed by atoms with Gasteiger partial charge in [-0.1, -0.05) is 78.6 Å². The van der Waals surface area contributed by atoms with Gasteiger partial charge in [-0.05, 0) is 0 Å². The summed E-state index contributed by atoms with van der Waals surface area (Å²) in [4.78, 5) is 45.2. The Balaban J connectivity index is 3.01. The molecule has 5 amide bonds. The average molecular weight is 457 g/mol. The van der Waals surface area contributed by atoms with Gasteiger partial charge >= 0.3 is 12.1 Å². The first-order valence-corrected chi connectivity index (χ1v) is 23.7. The summed E-state index contributed by atoms with van der Waals surface area (Å²) in [5.74, 6) is -0.352. The minimum absolute atomic E-state index is 0.220. The van der Waals surface area contributed by atoms with Crippen LogP contribution in [-0.4, -0.2) is 75.4 Å². The van der Waals surface area contributed by atoms with Gasteiger partial charge in [0.2, 0.25) is 0 Å². The van der Waals surface area contributed by atoms with Crippen molar-refractivity contribution in [2.45, 2.75) is 83.9 Å². The number of carbonyl (C=O) groups is 3. The predicted octanol–water partition coefficient (Wildman–Crippen LogP) is 4.21. The standard InChI is InChI=1S/C17H36N4O3Si4/c1-25(2,3)17-13(18-15(23)20(17)27(7,8)9)14(22)19(26(4,5)6)16(24)21(17)28(10,11)12/h1-12H3. The molecule has 0 aromatic carbocycles. The van der Waals surface area contributed by atoms with Crippen LogP contribution in [0.2, 0.25) is 78.6 Å². The molecule has 0 aliphatic carbocycles. The maximum absolute atomic E-state index is 13.9. The quantitative estimate of drug-likeness (QED) is 0.595. The van der Waals surface area contributed by atoms with E-state index in [2.05, 4.69) is 63.9 Å². The van der Waals surface area contributed by atoms with Gasteiger partial charge in [0.25, 0.3) is 5.91 Å². The minimum Gasteiger partial charge on any atom is -0.329 e. The first-order chi connectivity index (χ1) is 12.2. The highest BCUT2D eigenvalue weighted by atomic mass is 28.3. The van der Waals surface area contributed by atoms with Gasteiger partial charge in [0.15, 0.2) is 30.4 Å². The van der Waals surface area contributed by atoms with Gasteiger partial charge in [0.05, 0.1) is 0 Å². The highest BCUT2D eigenvalue weighted by molar-refractivity contribution is 6.94.